The van der Waals surface area contributed by atoms with Crippen molar-refractivity contribution < 1.29 is 4.74 Å². The van der Waals surface area contributed by atoms with Crippen molar-refractivity contribution in [1.82, 2.24) is 9.97 Å². The molecular formula is C13H24N4O. The Bertz CT molecular complexity index is 381. The third-order valence-electron chi connectivity index (χ3n) is 3.02. The van der Waals surface area contributed by atoms with Crippen molar-refractivity contribution in [3.8, 4) is 5.88 Å². The summed E-state index contributed by atoms with van der Waals surface area (Å²) in [5.74, 6) is 1.77. The first-order valence-corrected chi connectivity index (χ1v) is 6.30. The highest BCUT2D eigenvalue weighted by atomic mass is 16.5. The van der Waals surface area contributed by atoms with Gasteiger partial charge < -0.3 is 15.4 Å². The van der Waals surface area contributed by atoms with Crippen LogP contribution in [0.3, 0.4) is 0 Å². The first-order valence-electron chi connectivity index (χ1n) is 6.30. The van der Waals surface area contributed by atoms with Crippen molar-refractivity contribution in [1.29, 1.82) is 0 Å². The van der Waals surface area contributed by atoms with Gasteiger partial charge in [0.25, 0.3) is 0 Å². The zero-order valence-corrected chi connectivity index (χ0v) is 12.0. The lowest BCUT2D eigenvalue weighted by Gasteiger charge is -2.21. The van der Waals surface area contributed by atoms with Crippen LogP contribution in [0.5, 0.6) is 5.88 Å². The predicted octanol–water partition coefficient (Wildman–Crippen LogP) is 1.60. The molecule has 18 heavy (non-hydrogen) atoms. The van der Waals surface area contributed by atoms with E-state index in [2.05, 4.69) is 23.8 Å². The Hall–Kier alpha value is -1.36. The van der Waals surface area contributed by atoms with Gasteiger partial charge in [0.15, 0.2) is 0 Å². The Kier molecular flexibility index (Phi) is 5.34. The highest BCUT2D eigenvalue weighted by Gasteiger charge is 2.11. The summed E-state index contributed by atoms with van der Waals surface area (Å²) in [6.07, 6.45) is 0.924. The predicted molar refractivity (Wildman–Crippen MR) is 74.0 cm³/mol. The molecule has 0 bridgehead atoms. The van der Waals surface area contributed by atoms with E-state index in [0.717, 1.165) is 18.7 Å². The molecule has 102 valence electrons. The van der Waals surface area contributed by atoms with Crippen molar-refractivity contribution in [2.45, 2.75) is 33.2 Å². The maximum atomic E-state index is 6.04. The van der Waals surface area contributed by atoms with Gasteiger partial charge in [0.1, 0.15) is 0 Å². The van der Waals surface area contributed by atoms with Crippen molar-refractivity contribution in [2.75, 3.05) is 25.6 Å². The number of aromatic nitrogens is 2. The largest absolute Gasteiger partial charge is 0.481 e. The van der Waals surface area contributed by atoms with Crippen molar-refractivity contribution in [2.24, 2.45) is 11.7 Å². The molecule has 0 saturated heterocycles. The zero-order chi connectivity index (χ0) is 13.7. The number of rotatable bonds is 6. The van der Waals surface area contributed by atoms with Gasteiger partial charge in [0, 0.05) is 31.4 Å². The Labute approximate surface area is 109 Å². The summed E-state index contributed by atoms with van der Waals surface area (Å²) in [7, 11) is 3.58. The fraction of sp³-hybridized carbons (Fsp3) is 0.692. The quantitative estimate of drug-likeness (QED) is 0.833. The van der Waals surface area contributed by atoms with Gasteiger partial charge in [-0.05, 0) is 19.3 Å². The molecule has 1 unspecified atom stereocenters. The zero-order valence-electron chi connectivity index (χ0n) is 12.0. The van der Waals surface area contributed by atoms with Crippen molar-refractivity contribution >= 4 is 5.95 Å². The molecule has 0 amide bonds. The molecule has 1 atom stereocenters. The van der Waals surface area contributed by atoms with E-state index in [9.17, 15) is 0 Å². The third-order valence-corrected chi connectivity index (χ3v) is 3.02. The van der Waals surface area contributed by atoms with Gasteiger partial charge in [-0.3, -0.25) is 0 Å². The number of hydrogen-bond donors (Lipinski definition) is 1. The highest BCUT2D eigenvalue weighted by Crippen LogP contribution is 2.14. The molecule has 0 fully saturated rings. The van der Waals surface area contributed by atoms with Gasteiger partial charge in [0.2, 0.25) is 11.8 Å². The van der Waals surface area contributed by atoms with Crippen LogP contribution in [0.25, 0.3) is 0 Å². The molecule has 1 heterocycles. The lowest BCUT2D eigenvalue weighted by molar-refractivity contribution is 0.396. The molecule has 0 saturated carbocycles. The van der Waals surface area contributed by atoms with Gasteiger partial charge in [-0.1, -0.05) is 13.8 Å². The molecule has 0 aromatic carbocycles. The Morgan fingerprint density at radius 1 is 1.39 bits per heavy atom. The standard InChI is InChI=1S/C13H24N4O/c1-9(2)11(14)6-7-17(4)13-15-10(3)8-12(16-13)18-5/h8-9,11H,6-7,14H2,1-5H3. The van der Waals surface area contributed by atoms with Crippen LogP contribution >= 0.6 is 0 Å². The molecule has 0 radical (unpaired) electrons. The second kappa shape index (κ2) is 6.54. The molecule has 0 aliphatic rings. The van der Waals surface area contributed by atoms with Gasteiger partial charge in [-0.2, -0.15) is 4.98 Å². The summed E-state index contributed by atoms with van der Waals surface area (Å²) in [5.41, 5.74) is 6.94. The molecule has 0 aliphatic carbocycles. The minimum absolute atomic E-state index is 0.208. The SMILES string of the molecule is COc1cc(C)nc(N(C)CCC(N)C(C)C)n1. The Morgan fingerprint density at radius 2 is 2.06 bits per heavy atom. The summed E-state index contributed by atoms with van der Waals surface area (Å²) in [6, 6.07) is 2.02. The maximum Gasteiger partial charge on any atom is 0.228 e. The van der Waals surface area contributed by atoms with Crippen molar-refractivity contribution in [3.63, 3.8) is 0 Å². The molecule has 0 spiro atoms. The number of nitrogens with two attached hydrogens (primary N) is 1. The number of ether oxygens (including phenoxy) is 1. The molecule has 1 aromatic rings. The second-order valence-corrected chi connectivity index (χ2v) is 4.97. The molecule has 1 rings (SSSR count). The molecule has 1 aromatic heterocycles. The Morgan fingerprint density at radius 3 is 2.61 bits per heavy atom. The fourth-order valence-corrected chi connectivity index (χ4v) is 1.58. The maximum absolute atomic E-state index is 6.04. The molecule has 2 N–H and O–H groups in total. The average Bonchev–Trinajstić information content (AvgIpc) is 2.34. The second-order valence-electron chi connectivity index (χ2n) is 4.97. The van der Waals surface area contributed by atoms with Crippen LogP contribution in [-0.2, 0) is 0 Å². The van der Waals surface area contributed by atoms with Crippen LogP contribution < -0.4 is 15.4 Å². The summed E-state index contributed by atoms with van der Waals surface area (Å²) >= 11 is 0. The van der Waals surface area contributed by atoms with E-state index in [1.807, 2.05) is 24.9 Å². The number of aryl methyl sites for hydroxylation is 1. The van der Waals surface area contributed by atoms with Crippen LogP contribution in [0.1, 0.15) is 26.0 Å². The van der Waals surface area contributed by atoms with E-state index in [1.165, 1.54) is 0 Å². The average molecular weight is 252 g/mol. The third kappa shape index (κ3) is 4.14. The minimum atomic E-state index is 0.208. The van der Waals surface area contributed by atoms with E-state index in [-0.39, 0.29) is 6.04 Å². The molecule has 5 nitrogen and oxygen atoms in total. The summed E-state index contributed by atoms with van der Waals surface area (Å²) < 4.78 is 5.15. The summed E-state index contributed by atoms with van der Waals surface area (Å²) in [4.78, 5) is 10.7. The fourth-order valence-electron chi connectivity index (χ4n) is 1.58. The van der Waals surface area contributed by atoms with E-state index in [0.29, 0.717) is 17.7 Å². The van der Waals surface area contributed by atoms with Gasteiger partial charge in [0.05, 0.1) is 7.11 Å². The van der Waals surface area contributed by atoms with Crippen molar-refractivity contribution in [3.05, 3.63) is 11.8 Å². The Balaban J connectivity index is 2.66. The van der Waals surface area contributed by atoms with Crippen LogP contribution in [0.2, 0.25) is 0 Å². The van der Waals surface area contributed by atoms with E-state index < -0.39 is 0 Å². The smallest absolute Gasteiger partial charge is 0.228 e. The summed E-state index contributed by atoms with van der Waals surface area (Å²) in [5, 5.41) is 0. The minimum Gasteiger partial charge on any atom is -0.481 e. The van der Waals surface area contributed by atoms with E-state index >= 15 is 0 Å². The first-order chi connectivity index (χ1) is 8.43. The number of nitrogens with zero attached hydrogens (tertiary/aromatic N) is 3. The summed E-state index contributed by atoms with van der Waals surface area (Å²) in [6.45, 7) is 7.04. The van der Waals surface area contributed by atoms with Gasteiger partial charge in [-0.15, -0.1) is 0 Å². The number of hydrogen-bond acceptors (Lipinski definition) is 5. The topological polar surface area (TPSA) is 64.3 Å². The molecular weight excluding hydrogens is 228 g/mol. The van der Waals surface area contributed by atoms with Crippen LogP contribution in [-0.4, -0.2) is 36.7 Å². The van der Waals surface area contributed by atoms with Crippen LogP contribution in [0.4, 0.5) is 5.95 Å². The molecule has 0 aliphatic heterocycles. The van der Waals surface area contributed by atoms with Crippen LogP contribution in [0, 0.1) is 12.8 Å². The van der Waals surface area contributed by atoms with Crippen LogP contribution in [0.15, 0.2) is 6.07 Å². The normalized spacial score (nSPS) is 12.6. The number of anilines is 1. The van der Waals surface area contributed by atoms with E-state index in [4.69, 9.17) is 10.5 Å². The highest BCUT2D eigenvalue weighted by molar-refractivity contribution is 5.33. The first kappa shape index (κ1) is 14.7. The lowest BCUT2D eigenvalue weighted by Crippen LogP contribution is -2.32. The van der Waals surface area contributed by atoms with Gasteiger partial charge >= 0.3 is 0 Å². The lowest BCUT2D eigenvalue weighted by atomic mass is 10.0. The van der Waals surface area contributed by atoms with Gasteiger partial charge in [-0.25, -0.2) is 4.98 Å². The van der Waals surface area contributed by atoms with E-state index in [1.54, 1.807) is 7.11 Å². The number of methoxy groups -OCH3 is 1. The molecule has 5 heteroatoms. The monoisotopic (exact) mass is 252 g/mol.